The Kier molecular flexibility index (Phi) is 3.63. The third-order valence-electron chi connectivity index (χ3n) is 2.89. The number of aliphatic hydroxyl groups is 1. The first-order chi connectivity index (χ1) is 8.58. The monoisotopic (exact) mass is 245 g/mol. The van der Waals surface area contributed by atoms with Gasteiger partial charge in [-0.05, 0) is 35.4 Å². The van der Waals surface area contributed by atoms with Crippen LogP contribution in [0.1, 0.15) is 17.2 Å². The summed E-state index contributed by atoms with van der Waals surface area (Å²) in [6, 6.07) is 13.6. The molecule has 1 atom stereocenters. The molecule has 0 saturated carbocycles. The van der Waals surface area contributed by atoms with Crippen LogP contribution in [0.2, 0.25) is 0 Å². The Morgan fingerprint density at radius 2 is 1.67 bits per heavy atom. The molecule has 94 valence electrons. The molecule has 0 aliphatic heterocycles. The van der Waals surface area contributed by atoms with Crippen LogP contribution in [0.3, 0.4) is 0 Å². The normalized spacial score (nSPS) is 12.2. The molecule has 0 saturated heterocycles. The molecule has 2 aromatic carbocycles. The topological polar surface area (TPSA) is 23.5 Å². The molecule has 2 aromatic rings. The molecule has 1 N–H and O–H groups in total. The number of anilines is 1. The number of halogens is 1. The largest absolute Gasteiger partial charge is 0.384 e. The van der Waals surface area contributed by atoms with E-state index in [1.165, 1.54) is 12.1 Å². The maximum atomic E-state index is 13.1. The lowest BCUT2D eigenvalue weighted by atomic mass is 10.0. The van der Waals surface area contributed by atoms with E-state index in [9.17, 15) is 9.50 Å². The number of hydrogen-bond acceptors (Lipinski definition) is 2. The molecule has 0 fully saturated rings. The second-order valence-electron chi connectivity index (χ2n) is 4.44. The van der Waals surface area contributed by atoms with Crippen molar-refractivity contribution < 1.29 is 9.50 Å². The Balaban J connectivity index is 2.26. The van der Waals surface area contributed by atoms with Gasteiger partial charge in [0.05, 0.1) is 0 Å². The lowest BCUT2D eigenvalue weighted by Crippen LogP contribution is -2.08. The van der Waals surface area contributed by atoms with E-state index >= 15 is 0 Å². The molecule has 18 heavy (non-hydrogen) atoms. The first-order valence-electron chi connectivity index (χ1n) is 5.79. The van der Waals surface area contributed by atoms with Crippen LogP contribution < -0.4 is 4.90 Å². The highest BCUT2D eigenvalue weighted by Gasteiger charge is 2.11. The maximum Gasteiger partial charge on any atom is 0.123 e. The summed E-state index contributed by atoms with van der Waals surface area (Å²) in [5.74, 6) is -0.337. The molecule has 0 unspecified atom stereocenters. The highest BCUT2D eigenvalue weighted by molar-refractivity contribution is 5.47. The van der Waals surface area contributed by atoms with Crippen molar-refractivity contribution in [2.75, 3.05) is 19.0 Å². The van der Waals surface area contributed by atoms with Gasteiger partial charge in [-0.1, -0.05) is 24.3 Å². The van der Waals surface area contributed by atoms with Gasteiger partial charge in [0.2, 0.25) is 0 Å². The van der Waals surface area contributed by atoms with Gasteiger partial charge in [0.1, 0.15) is 11.9 Å². The Morgan fingerprint density at radius 3 is 2.22 bits per heavy atom. The summed E-state index contributed by atoms with van der Waals surface area (Å²) >= 11 is 0. The van der Waals surface area contributed by atoms with E-state index in [2.05, 4.69) is 0 Å². The molecular formula is C15H16FNO. The third-order valence-corrected chi connectivity index (χ3v) is 2.89. The average Bonchev–Trinajstić information content (AvgIpc) is 2.38. The number of rotatable bonds is 3. The molecule has 3 heteroatoms. The molecule has 0 aliphatic carbocycles. The average molecular weight is 245 g/mol. The van der Waals surface area contributed by atoms with Crippen LogP contribution >= 0.6 is 0 Å². The van der Waals surface area contributed by atoms with Crippen molar-refractivity contribution in [3.05, 3.63) is 65.5 Å². The van der Waals surface area contributed by atoms with Gasteiger partial charge in [0.15, 0.2) is 0 Å². The number of nitrogens with zero attached hydrogens (tertiary/aromatic N) is 1. The van der Waals surface area contributed by atoms with Crippen molar-refractivity contribution in [3.63, 3.8) is 0 Å². The Labute approximate surface area is 106 Å². The van der Waals surface area contributed by atoms with Gasteiger partial charge in [0, 0.05) is 19.8 Å². The smallest absolute Gasteiger partial charge is 0.123 e. The molecule has 0 aliphatic rings. The molecule has 0 bridgehead atoms. The minimum absolute atomic E-state index is 0.337. The van der Waals surface area contributed by atoms with E-state index in [4.69, 9.17) is 0 Å². The van der Waals surface area contributed by atoms with Crippen molar-refractivity contribution >= 4 is 5.69 Å². The summed E-state index contributed by atoms with van der Waals surface area (Å²) in [5.41, 5.74) is 2.38. The van der Waals surface area contributed by atoms with Crippen molar-refractivity contribution in [1.82, 2.24) is 0 Å². The fourth-order valence-electron chi connectivity index (χ4n) is 1.82. The van der Waals surface area contributed by atoms with E-state index in [0.29, 0.717) is 5.56 Å². The van der Waals surface area contributed by atoms with Gasteiger partial charge < -0.3 is 10.0 Å². The van der Waals surface area contributed by atoms with E-state index in [0.717, 1.165) is 11.3 Å². The van der Waals surface area contributed by atoms with Gasteiger partial charge >= 0.3 is 0 Å². The van der Waals surface area contributed by atoms with Gasteiger partial charge in [-0.25, -0.2) is 4.39 Å². The molecule has 0 aromatic heterocycles. The zero-order chi connectivity index (χ0) is 13.1. The lowest BCUT2D eigenvalue weighted by molar-refractivity contribution is 0.220. The molecule has 0 radical (unpaired) electrons. The molecular weight excluding hydrogens is 229 g/mol. The standard InChI is InChI=1S/C15H16FNO/c1-17(2)14-8-6-11(7-9-14)15(18)12-4-3-5-13(16)10-12/h3-10,15,18H,1-2H3/t15-/m1/s1. The van der Waals surface area contributed by atoms with Crippen molar-refractivity contribution in [3.8, 4) is 0 Å². The summed E-state index contributed by atoms with van der Waals surface area (Å²) in [6.45, 7) is 0. The zero-order valence-electron chi connectivity index (χ0n) is 10.5. The van der Waals surface area contributed by atoms with E-state index < -0.39 is 6.10 Å². The number of aliphatic hydroxyl groups excluding tert-OH is 1. The Hall–Kier alpha value is -1.87. The fourth-order valence-corrected chi connectivity index (χ4v) is 1.82. The molecule has 0 spiro atoms. The maximum absolute atomic E-state index is 13.1. The SMILES string of the molecule is CN(C)c1ccc([C@@H](O)c2cccc(F)c2)cc1. The highest BCUT2D eigenvalue weighted by Crippen LogP contribution is 2.24. The van der Waals surface area contributed by atoms with Gasteiger partial charge in [-0.15, -0.1) is 0 Å². The van der Waals surface area contributed by atoms with Gasteiger partial charge in [-0.2, -0.15) is 0 Å². The highest BCUT2D eigenvalue weighted by atomic mass is 19.1. The minimum atomic E-state index is -0.795. The fraction of sp³-hybridized carbons (Fsp3) is 0.200. The first-order valence-corrected chi connectivity index (χ1v) is 5.79. The van der Waals surface area contributed by atoms with Crippen molar-refractivity contribution in [2.24, 2.45) is 0 Å². The summed E-state index contributed by atoms with van der Waals surface area (Å²) in [7, 11) is 3.91. The second kappa shape index (κ2) is 5.19. The molecule has 2 nitrogen and oxygen atoms in total. The minimum Gasteiger partial charge on any atom is -0.384 e. The Bertz CT molecular complexity index is 522. The summed E-state index contributed by atoms with van der Waals surface area (Å²) in [5, 5.41) is 10.2. The van der Waals surface area contributed by atoms with Crippen LogP contribution in [0.25, 0.3) is 0 Å². The summed E-state index contributed by atoms with van der Waals surface area (Å²) in [6.07, 6.45) is -0.795. The predicted octanol–water partition coefficient (Wildman–Crippen LogP) is 2.97. The third kappa shape index (κ3) is 2.68. The van der Waals surface area contributed by atoms with Gasteiger partial charge in [0.25, 0.3) is 0 Å². The van der Waals surface area contributed by atoms with Crippen LogP contribution in [-0.4, -0.2) is 19.2 Å². The van der Waals surface area contributed by atoms with E-state index in [1.54, 1.807) is 12.1 Å². The molecule has 2 rings (SSSR count). The quantitative estimate of drug-likeness (QED) is 0.898. The second-order valence-corrected chi connectivity index (χ2v) is 4.44. The zero-order valence-corrected chi connectivity index (χ0v) is 10.5. The van der Waals surface area contributed by atoms with E-state index in [1.807, 2.05) is 43.3 Å². The Morgan fingerprint density at radius 1 is 1.00 bits per heavy atom. The van der Waals surface area contributed by atoms with Crippen molar-refractivity contribution in [1.29, 1.82) is 0 Å². The summed E-state index contributed by atoms with van der Waals surface area (Å²) in [4.78, 5) is 1.98. The molecule has 0 amide bonds. The van der Waals surface area contributed by atoms with Crippen LogP contribution in [0.4, 0.5) is 10.1 Å². The first kappa shape index (κ1) is 12.6. The van der Waals surface area contributed by atoms with Crippen LogP contribution in [0, 0.1) is 5.82 Å². The van der Waals surface area contributed by atoms with Crippen LogP contribution in [0.15, 0.2) is 48.5 Å². The van der Waals surface area contributed by atoms with Crippen molar-refractivity contribution in [2.45, 2.75) is 6.10 Å². The lowest BCUT2D eigenvalue weighted by Gasteiger charge is -2.15. The number of hydrogen-bond donors (Lipinski definition) is 1. The molecule has 0 heterocycles. The predicted molar refractivity (Wildman–Crippen MR) is 71.2 cm³/mol. The van der Waals surface area contributed by atoms with Gasteiger partial charge in [-0.3, -0.25) is 0 Å². The summed E-state index contributed by atoms with van der Waals surface area (Å²) < 4.78 is 13.1. The van der Waals surface area contributed by atoms with Crippen LogP contribution in [0.5, 0.6) is 0 Å². The van der Waals surface area contributed by atoms with Crippen LogP contribution in [-0.2, 0) is 0 Å². The number of benzene rings is 2. The van der Waals surface area contributed by atoms with E-state index in [-0.39, 0.29) is 5.82 Å².